The first kappa shape index (κ1) is 15.6. The lowest BCUT2D eigenvalue weighted by Crippen LogP contribution is -2.48. The number of piperazine rings is 1. The van der Waals surface area contributed by atoms with Crippen molar-refractivity contribution in [1.29, 1.82) is 0 Å². The summed E-state index contributed by atoms with van der Waals surface area (Å²) in [6.07, 6.45) is 1.23. The van der Waals surface area contributed by atoms with Crippen LogP contribution in [0.1, 0.15) is 22.6 Å². The van der Waals surface area contributed by atoms with Crippen LogP contribution in [0.3, 0.4) is 0 Å². The molecule has 0 bridgehead atoms. The third kappa shape index (κ3) is 3.56. The van der Waals surface area contributed by atoms with Crippen LogP contribution in [0.15, 0.2) is 42.6 Å². The molecule has 1 aromatic carbocycles. The van der Waals surface area contributed by atoms with Crippen LogP contribution in [0.5, 0.6) is 0 Å². The Balaban J connectivity index is 1.58. The SMILES string of the molecule is O=C(c1ccnn1C(F)F)N1CCN(Cc2ccccc2)CC1. The summed E-state index contributed by atoms with van der Waals surface area (Å²) in [4.78, 5) is 16.2. The zero-order valence-corrected chi connectivity index (χ0v) is 12.6. The molecule has 0 spiro atoms. The molecule has 7 heteroatoms. The Morgan fingerprint density at radius 1 is 1.09 bits per heavy atom. The first-order valence-electron chi connectivity index (χ1n) is 7.52. The van der Waals surface area contributed by atoms with Gasteiger partial charge in [0.15, 0.2) is 0 Å². The number of rotatable bonds is 4. The lowest BCUT2D eigenvalue weighted by atomic mass is 10.2. The van der Waals surface area contributed by atoms with Crippen molar-refractivity contribution in [2.24, 2.45) is 0 Å². The quantitative estimate of drug-likeness (QED) is 0.867. The Bertz CT molecular complexity index is 651. The summed E-state index contributed by atoms with van der Waals surface area (Å²) in [5.74, 6) is -0.387. The fourth-order valence-corrected chi connectivity index (χ4v) is 2.75. The van der Waals surface area contributed by atoms with Crippen LogP contribution >= 0.6 is 0 Å². The van der Waals surface area contributed by atoms with E-state index in [1.54, 1.807) is 4.90 Å². The summed E-state index contributed by atoms with van der Waals surface area (Å²) in [7, 11) is 0. The summed E-state index contributed by atoms with van der Waals surface area (Å²) >= 11 is 0. The number of halogens is 2. The van der Waals surface area contributed by atoms with Gasteiger partial charge < -0.3 is 4.90 Å². The van der Waals surface area contributed by atoms with Crippen molar-refractivity contribution in [3.05, 3.63) is 53.9 Å². The molecule has 1 aromatic heterocycles. The van der Waals surface area contributed by atoms with Gasteiger partial charge in [0.25, 0.3) is 5.91 Å². The van der Waals surface area contributed by atoms with Gasteiger partial charge in [0, 0.05) is 38.9 Å². The normalized spacial score (nSPS) is 16.0. The van der Waals surface area contributed by atoms with Crippen molar-refractivity contribution in [3.8, 4) is 0 Å². The number of carbonyl (C=O) groups excluding carboxylic acids is 1. The summed E-state index contributed by atoms with van der Waals surface area (Å²) in [6, 6.07) is 11.5. The second-order valence-corrected chi connectivity index (χ2v) is 5.49. The maximum atomic E-state index is 12.8. The third-order valence-corrected chi connectivity index (χ3v) is 3.98. The molecule has 0 radical (unpaired) electrons. The first-order valence-corrected chi connectivity index (χ1v) is 7.52. The molecule has 1 fully saturated rings. The standard InChI is InChI=1S/C16H18F2N4O/c17-16(18)22-14(6-7-19-22)15(23)21-10-8-20(9-11-21)12-13-4-2-1-3-5-13/h1-7,16H,8-12H2. The first-order chi connectivity index (χ1) is 11.1. The van der Waals surface area contributed by atoms with Crippen molar-refractivity contribution in [3.63, 3.8) is 0 Å². The second-order valence-electron chi connectivity index (χ2n) is 5.49. The molecule has 1 aliphatic heterocycles. The minimum Gasteiger partial charge on any atom is -0.335 e. The average Bonchev–Trinajstić information content (AvgIpc) is 3.06. The summed E-state index contributed by atoms with van der Waals surface area (Å²) in [6.45, 7) is 0.536. The van der Waals surface area contributed by atoms with E-state index in [0.717, 1.165) is 19.6 Å². The highest BCUT2D eigenvalue weighted by Crippen LogP contribution is 2.16. The van der Waals surface area contributed by atoms with Gasteiger partial charge in [0.1, 0.15) is 5.69 Å². The van der Waals surface area contributed by atoms with Gasteiger partial charge in [0.2, 0.25) is 0 Å². The number of aromatic nitrogens is 2. The average molecular weight is 320 g/mol. The van der Waals surface area contributed by atoms with Crippen molar-refractivity contribution >= 4 is 5.91 Å². The molecule has 0 saturated carbocycles. The molecule has 5 nitrogen and oxygen atoms in total. The number of hydrogen-bond donors (Lipinski definition) is 0. The zero-order valence-electron chi connectivity index (χ0n) is 12.6. The molecule has 0 unspecified atom stereocenters. The smallest absolute Gasteiger partial charge is 0.333 e. The van der Waals surface area contributed by atoms with E-state index in [2.05, 4.69) is 22.1 Å². The minimum atomic E-state index is -2.80. The lowest BCUT2D eigenvalue weighted by molar-refractivity contribution is 0.0424. The lowest BCUT2D eigenvalue weighted by Gasteiger charge is -2.34. The van der Waals surface area contributed by atoms with E-state index < -0.39 is 6.55 Å². The van der Waals surface area contributed by atoms with Crippen LogP contribution in [-0.2, 0) is 6.54 Å². The second kappa shape index (κ2) is 6.87. The van der Waals surface area contributed by atoms with Crippen molar-refractivity contribution in [2.45, 2.75) is 13.1 Å². The van der Waals surface area contributed by atoms with E-state index in [9.17, 15) is 13.6 Å². The molecule has 0 aliphatic carbocycles. The fraction of sp³-hybridized carbons (Fsp3) is 0.375. The summed E-state index contributed by atoms with van der Waals surface area (Å²) in [5.41, 5.74) is 1.17. The predicted octanol–water partition coefficient (Wildman–Crippen LogP) is 2.24. The van der Waals surface area contributed by atoms with Gasteiger partial charge in [0.05, 0.1) is 0 Å². The molecule has 1 aliphatic rings. The topological polar surface area (TPSA) is 41.4 Å². The molecule has 1 saturated heterocycles. The molecule has 0 N–H and O–H groups in total. The highest BCUT2D eigenvalue weighted by Gasteiger charge is 2.26. The Hall–Kier alpha value is -2.28. The number of hydrogen-bond acceptors (Lipinski definition) is 3. The fourth-order valence-electron chi connectivity index (χ4n) is 2.75. The molecule has 23 heavy (non-hydrogen) atoms. The van der Waals surface area contributed by atoms with Crippen LogP contribution in [0.2, 0.25) is 0 Å². The Kier molecular flexibility index (Phi) is 4.66. The van der Waals surface area contributed by atoms with Crippen molar-refractivity contribution in [1.82, 2.24) is 19.6 Å². The minimum absolute atomic E-state index is 0.0588. The van der Waals surface area contributed by atoms with Gasteiger partial charge in [-0.05, 0) is 11.6 Å². The maximum Gasteiger partial charge on any atom is 0.333 e. The number of carbonyl (C=O) groups is 1. The highest BCUT2D eigenvalue weighted by atomic mass is 19.3. The molecule has 2 heterocycles. The highest BCUT2D eigenvalue weighted by molar-refractivity contribution is 5.92. The zero-order chi connectivity index (χ0) is 16.2. The molecule has 3 rings (SSSR count). The molecule has 2 aromatic rings. The van der Waals surface area contributed by atoms with Crippen LogP contribution in [-0.4, -0.2) is 51.7 Å². The van der Waals surface area contributed by atoms with Crippen molar-refractivity contribution in [2.75, 3.05) is 26.2 Å². The molecular weight excluding hydrogens is 302 g/mol. The number of nitrogens with zero attached hydrogens (tertiary/aromatic N) is 4. The largest absolute Gasteiger partial charge is 0.335 e. The summed E-state index contributed by atoms with van der Waals surface area (Å²) in [5, 5.41) is 3.51. The van der Waals surface area contributed by atoms with Gasteiger partial charge >= 0.3 is 6.55 Å². The number of amides is 1. The maximum absolute atomic E-state index is 12.8. The van der Waals surface area contributed by atoms with E-state index in [4.69, 9.17) is 0 Å². The Labute approximate surface area is 133 Å². The van der Waals surface area contributed by atoms with Crippen LogP contribution in [0.25, 0.3) is 0 Å². The Morgan fingerprint density at radius 3 is 2.43 bits per heavy atom. The van der Waals surface area contributed by atoms with Gasteiger partial charge in [-0.2, -0.15) is 18.6 Å². The van der Waals surface area contributed by atoms with Gasteiger partial charge in [-0.25, -0.2) is 0 Å². The van der Waals surface area contributed by atoms with E-state index in [0.29, 0.717) is 17.8 Å². The molecular formula is C16H18F2N4O. The van der Waals surface area contributed by atoms with E-state index in [1.807, 2.05) is 18.2 Å². The number of benzene rings is 1. The van der Waals surface area contributed by atoms with Gasteiger partial charge in [-0.15, -0.1) is 0 Å². The molecule has 0 atom stereocenters. The van der Waals surface area contributed by atoms with E-state index >= 15 is 0 Å². The van der Waals surface area contributed by atoms with E-state index in [1.165, 1.54) is 17.8 Å². The Morgan fingerprint density at radius 2 is 1.78 bits per heavy atom. The molecule has 1 amide bonds. The monoisotopic (exact) mass is 320 g/mol. The van der Waals surface area contributed by atoms with E-state index in [-0.39, 0.29) is 11.6 Å². The van der Waals surface area contributed by atoms with Gasteiger partial charge in [-0.1, -0.05) is 30.3 Å². The van der Waals surface area contributed by atoms with Crippen LogP contribution in [0.4, 0.5) is 8.78 Å². The van der Waals surface area contributed by atoms with Crippen molar-refractivity contribution < 1.29 is 13.6 Å². The van der Waals surface area contributed by atoms with Crippen LogP contribution in [0, 0.1) is 0 Å². The number of alkyl halides is 2. The predicted molar refractivity (Wildman–Crippen MR) is 81.1 cm³/mol. The summed E-state index contributed by atoms with van der Waals surface area (Å²) < 4.78 is 26.1. The molecule has 122 valence electrons. The van der Waals surface area contributed by atoms with Gasteiger partial charge in [-0.3, -0.25) is 9.69 Å². The third-order valence-electron chi connectivity index (χ3n) is 3.98. The van der Waals surface area contributed by atoms with Crippen LogP contribution < -0.4 is 0 Å².